The number of ether oxygens (including phenoxy) is 2. The van der Waals surface area contributed by atoms with Crippen LogP contribution in [0.5, 0.6) is 11.5 Å². The van der Waals surface area contributed by atoms with Gasteiger partial charge in [0.15, 0.2) is 18.1 Å². The van der Waals surface area contributed by atoms with Crippen molar-refractivity contribution in [1.82, 2.24) is 21.2 Å². The third-order valence-electron chi connectivity index (χ3n) is 5.43. The third-order valence-corrected chi connectivity index (χ3v) is 5.43. The average molecular weight is 534 g/mol. The van der Waals surface area contributed by atoms with Gasteiger partial charge in [-0.25, -0.2) is 4.98 Å². The van der Waals surface area contributed by atoms with Gasteiger partial charge in [-0.15, -0.1) is 0 Å². The first-order chi connectivity index (χ1) is 18.7. The van der Waals surface area contributed by atoms with Crippen LogP contribution in [0, 0.1) is 12.3 Å². The molecule has 1 unspecified atom stereocenters. The van der Waals surface area contributed by atoms with Crippen molar-refractivity contribution in [2.24, 2.45) is 5.73 Å². The van der Waals surface area contributed by atoms with Crippen LogP contribution < -0.4 is 36.7 Å². The van der Waals surface area contributed by atoms with Crippen molar-refractivity contribution >= 4 is 29.2 Å². The number of carbonyl (C=O) groups is 3. The first-order valence-electron chi connectivity index (χ1n) is 12.1. The molecule has 7 N–H and O–H groups in total. The van der Waals surface area contributed by atoms with E-state index in [1.165, 1.54) is 13.1 Å². The van der Waals surface area contributed by atoms with E-state index < -0.39 is 17.9 Å². The zero-order valence-electron chi connectivity index (χ0n) is 21.8. The summed E-state index contributed by atoms with van der Waals surface area (Å²) in [5.41, 5.74) is 12.8. The molecule has 0 saturated carbocycles. The van der Waals surface area contributed by atoms with E-state index in [-0.39, 0.29) is 24.0 Å². The number of aromatic nitrogens is 1. The molecule has 0 radical (unpaired) electrons. The highest BCUT2D eigenvalue weighted by Crippen LogP contribution is 2.32. The number of aryl methyl sites for hydroxylation is 1. The van der Waals surface area contributed by atoms with Gasteiger partial charge in [-0.1, -0.05) is 12.1 Å². The number of hydrogen-bond donors (Lipinski definition) is 6. The molecule has 2 aromatic carbocycles. The van der Waals surface area contributed by atoms with Gasteiger partial charge in [-0.3, -0.25) is 30.6 Å². The standard InChI is InChI=1S/C27H31N7O5/c1-4-38-22-14-18(10-13-21(22)39-15-23(35)30-3)24(32-19-11-8-17(9-12-19)25(28)29)27(37)34-33-26(36)20-7-5-6-16(2)31-20/h5-14,24,32H,4,15H2,1-3H3,(H3,28,29)(H,30,35)(H,33,36)(H,34,37). The zero-order valence-corrected chi connectivity index (χ0v) is 21.8. The van der Waals surface area contributed by atoms with Crippen molar-refractivity contribution in [2.45, 2.75) is 19.9 Å². The van der Waals surface area contributed by atoms with Gasteiger partial charge in [0.25, 0.3) is 17.7 Å². The van der Waals surface area contributed by atoms with Crippen LogP contribution in [-0.4, -0.2) is 48.8 Å². The lowest BCUT2D eigenvalue weighted by Crippen LogP contribution is -2.45. The fraction of sp³-hybridized carbons (Fsp3) is 0.222. The quantitative estimate of drug-likeness (QED) is 0.123. The second kappa shape index (κ2) is 13.4. The minimum absolute atomic E-state index is 0.0861. The molecule has 3 rings (SSSR count). The van der Waals surface area contributed by atoms with Crippen molar-refractivity contribution in [3.05, 3.63) is 83.2 Å². The number of carbonyl (C=O) groups excluding carboxylic acids is 3. The molecule has 1 aromatic heterocycles. The molecule has 0 aliphatic carbocycles. The molecule has 0 bridgehead atoms. The molecular weight excluding hydrogens is 502 g/mol. The second-order valence-electron chi connectivity index (χ2n) is 8.28. The van der Waals surface area contributed by atoms with Crippen LogP contribution in [0.4, 0.5) is 5.69 Å². The van der Waals surface area contributed by atoms with E-state index in [0.717, 1.165) is 0 Å². The van der Waals surface area contributed by atoms with Crippen molar-refractivity contribution in [2.75, 3.05) is 25.6 Å². The minimum atomic E-state index is -0.994. The summed E-state index contributed by atoms with van der Waals surface area (Å²) in [5.74, 6) is -0.894. The number of nitrogens with zero attached hydrogens (tertiary/aromatic N) is 1. The van der Waals surface area contributed by atoms with Gasteiger partial charge < -0.3 is 25.8 Å². The molecule has 204 valence electrons. The molecule has 12 heteroatoms. The molecule has 3 amide bonds. The smallest absolute Gasteiger partial charge is 0.288 e. The first-order valence-corrected chi connectivity index (χ1v) is 12.1. The maximum Gasteiger partial charge on any atom is 0.288 e. The summed E-state index contributed by atoms with van der Waals surface area (Å²) in [7, 11) is 1.50. The number of benzene rings is 2. The topological polar surface area (TPSA) is 181 Å². The molecule has 39 heavy (non-hydrogen) atoms. The Balaban J connectivity index is 1.88. The molecule has 0 saturated heterocycles. The van der Waals surface area contributed by atoms with E-state index in [4.69, 9.17) is 20.6 Å². The molecular formula is C27H31N7O5. The normalized spacial score (nSPS) is 11.1. The van der Waals surface area contributed by atoms with Gasteiger partial charge in [-0.05, 0) is 67.9 Å². The number of nitrogens with two attached hydrogens (primary N) is 1. The summed E-state index contributed by atoms with van der Waals surface area (Å²) in [4.78, 5) is 41.7. The number of pyridine rings is 1. The van der Waals surface area contributed by atoms with Crippen molar-refractivity contribution < 1.29 is 23.9 Å². The minimum Gasteiger partial charge on any atom is -0.490 e. The monoisotopic (exact) mass is 533 g/mol. The molecule has 0 fully saturated rings. The number of amides is 3. The number of hydrazine groups is 1. The Bertz CT molecular complexity index is 1340. The average Bonchev–Trinajstić information content (AvgIpc) is 2.94. The summed E-state index contributed by atoms with van der Waals surface area (Å²) in [6.45, 7) is 3.66. The highest BCUT2D eigenvalue weighted by atomic mass is 16.5. The third kappa shape index (κ3) is 7.92. The Kier molecular flexibility index (Phi) is 9.79. The van der Waals surface area contributed by atoms with Crippen molar-refractivity contribution in [3.8, 4) is 11.5 Å². The molecule has 0 spiro atoms. The highest BCUT2D eigenvalue weighted by Gasteiger charge is 2.24. The Labute approximate surface area is 225 Å². The number of hydrogen-bond acceptors (Lipinski definition) is 8. The van der Waals surface area contributed by atoms with Crippen LogP contribution in [0.2, 0.25) is 0 Å². The fourth-order valence-electron chi connectivity index (χ4n) is 3.44. The van der Waals surface area contributed by atoms with Crippen LogP contribution in [-0.2, 0) is 9.59 Å². The maximum atomic E-state index is 13.3. The molecule has 0 aliphatic rings. The fourth-order valence-corrected chi connectivity index (χ4v) is 3.44. The second-order valence-corrected chi connectivity index (χ2v) is 8.28. The van der Waals surface area contributed by atoms with Crippen molar-refractivity contribution in [1.29, 1.82) is 5.41 Å². The number of nitrogens with one attached hydrogen (secondary N) is 5. The van der Waals surface area contributed by atoms with Crippen LogP contribution in [0.1, 0.15) is 40.3 Å². The molecule has 1 atom stereocenters. The molecule has 3 aromatic rings. The summed E-state index contributed by atoms with van der Waals surface area (Å²) < 4.78 is 11.3. The van der Waals surface area contributed by atoms with E-state index in [1.54, 1.807) is 68.4 Å². The molecule has 12 nitrogen and oxygen atoms in total. The number of amidine groups is 1. The first kappa shape index (κ1) is 28.4. The highest BCUT2D eigenvalue weighted by molar-refractivity contribution is 5.96. The van der Waals surface area contributed by atoms with E-state index in [0.29, 0.717) is 40.6 Å². The zero-order chi connectivity index (χ0) is 28.4. The van der Waals surface area contributed by atoms with Gasteiger partial charge in [0.1, 0.15) is 17.6 Å². The molecule has 1 heterocycles. The van der Waals surface area contributed by atoms with Gasteiger partial charge in [0.05, 0.1) is 6.61 Å². The van der Waals surface area contributed by atoms with E-state index in [1.807, 2.05) is 0 Å². The summed E-state index contributed by atoms with van der Waals surface area (Å²) >= 11 is 0. The van der Waals surface area contributed by atoms with Crippen LogP contribution in [0.3, 0.4) is 0 Å². The Morgan fingerprint density at radius 1 is 1.00 bits per heavy atom. The SMILES string of the molecule is CCOc1cc(C(Nc2ccc(C(=N)N)cc2)C(=O)NNC(=O)c2cccc(C)n2)ccc1OCC(=O)NC. The lowest BCUT2D eigenvalue weighted by molar-refractivity contribution is -0.123. The molecule has 0 aliphatic heterocycles. The number of rotatable bonds is 11. The van der Waals surface area contributed by atoms with Crippen molar-refractivity contribution in [3.63, 3.8) is 0 Å². The van der Waals surface area contributed by atoms with Gasteiger partial charge in [-0.2, -0.15) is 0 Å². The van der Waals surface area contributed by atoms with Crippen LogP contribution in [0.25, 0.3) is 0 Å². The van der Waals surface area contributed by atoms with Crippen LogP contribution in [0.15, 0.2) is 60.7 Å². The largest absolute Gasteiger partial charge is 0.490 e. The Hall–Kier alpha value is -5.13. The van der Waals surface area contributed by atoms with E-state index in [2.05, 4.69) is 26.5 Å². The van der Waals surface area contributed by atoms with Gasteiger partial charge in [0.2, 0.25) is 0 Å². The predicted molar refractivity (Wildman–Crippen MR) is 146 cm³/mol. The summed E-state index contributed by atoms with van der Waals surface area (Å²) in [5, 5.41) is 13.2. The lowest BCUT2D eigenvalue weighted by Gasteiger charge is -2.22. The number of likely N-dealkylation sites (N-methyl/N-ethyl adjacent to an activating group) is 1. The summed E-state index contributed by atoms with van der Waals surface area (Å²) in [6.07, 6.45) is 0. The number of nitrogen functional groups attached to an aromatic ring is 1. The Morgan fingerprint density at radius 3 is 2.38 bits per heavy atom. The predicted octanol–water partition coefficient (Wildman–Crippen LogP) is 1.81. The van der Waals surface area contributed by atoms with E-state index in [9.17, 15) is 14.4 Å². The Morgan fingerprint density at radius 2 is 1.74 bits per heavy atom. The van der Waals surface area contributed by atoms with Crippen LogP contribution >= 0.6 is 0 Å². The summed E-state index contributed by atoms with van der Waals surface area (Å²) in [6, 6.07) is 15.5. The van der Waals surface area contributed by atoms with E-state index >= 15 is 0 Å². The maximum absolute atomic E-state index is 13.3. The van der Waals surface area contributed by atoms with Gasteiger partial charge >= 0.3 is 0 Å². The van der Waals surface area contributed by atoms with Gasteiger partial charge in [0, 0.05) is 24.0 Å². The lowest BCUT2D eigenvalue weighted by atomic mass is 10.0. The number of anilines is 1.